The van der Waals surface area contributed by atoms with Crippen molar-refractivity contribution in [2.75, 3.05) is 19.6 Å². The van der Waals surface area contributed by atoms with Crippen LogP contribution in [0.25, 0.3) is 23.3 Å². The third-order valence-electron chi connectivity index (χ3n) is 6.84. The lowest BCUT2D eigenvalue weighted by molar-refractivity contribution is -0.122. The molecule has 1 saturated heterocycles. The highest BCUT2D eigenvalue weighted by molar-refractivity contribution is 5.88. The predicted molar refractivity (Wildman–Crippen MR) is 115 cm³/mol. The van der Waals surface area contributed by atoms with E-state index in [0.717, 1.165) is 38.3 Å². The number of carbonyl (C=O) groups excluding carboxylic acids is 1. The SMILES string of the molecule is CC1CCCN(CC(=O)C2C=c3c(ccc4c3=CCc3ccccc3-4)CC2)C1. The minimum atomic E-state index is 0.0711. The van der Waals surface area contributed by atoms with Crippen LogP contribution >= 0.6 is 0 Å². The highest BCUT2D eigenvalue weighted by Crippen LogP contribution is 2.25. The summed E-state index contributed by atoms with van der Waals surface area (Å²) in [6, 6.07) is 13.3. The van der Waals surface area contributed by atoms with E-state index in [9.17, 15) is 4.79 Å². The summed E-state index contributed by atoms with van der Waals surface area (Å²) in [5, 5.41) is 2.67. The van der Waals surface area contributed by atoms with Gasteiger partial charge in [-0.1, -0.05) is 55.5 Å². The van der Waals surface area contributed by atoms with Gasteiger partial charge in [-0.05, 0) is 77.3 Å². The first-order chi connectivity index (χ1) is 13.7. The first-order valence-corrected chi connectivity index (χ1v) is 10.9. The number of piperidine rings is 1. The van der Waals surface area contributed by atoms with Gasteiger partial charge in [0.25, 0.3) is 0 Å². The molecule has 2 aromatic carbocycles. The molecule has 3 aliphatic rings. The molecule has 1 heterocycles. The smallest absolute Gasteiger partial charge is 0.153 e. The molecule has 0 aromatic heterocycles. The molecule has 0 spiro atoms. The monoisotopic (exact) mass is 371 g/mol. The minimum Gasteiger partial charge on any atom is -0.298 e. The van der Waals surface area contributed by atoms with E-state index < -0.39 is 0 Å². The molecular formula is C26H29NO. The molecule has 0 radical (unpaired) electrons. The maximum atomic E-state index is 13.1. The quantitative estimate of drug-likeness (QED) is 0.825. The molecule has 1 aliphatic heterocycles. The van der Waals surface area contributed by atoms with Crippen LogP contribution in [-0.4, -0.2) is 30.3 Å². The Labute approximate surface area is 167 Å². The van der Waals surface area contributed by atoms with Crippen LogP contribution in [0, 0.1) is 11.8 Å². The van der Waals surface area contributed by atoms with E-state index in [1.165, 1.54) is 45.5 Å². The number of aryl methyl sites for hydroxylation is 1. The topological polar surface area (TPSA) is 20.3 Å². The van der Waals surface area contributed by atoms with Crippen molar-refractivity contribution in [2.45, 2.75) is 39.0 Å². The second kappa shape index (κ2) is 7.33. The number of Topliss-reactive ketones (excluding diaryl/α,β-unsaturated/α-hetero) is 1. The highest BCUT2D eigenvalue weighted by Gasteiger charge is 2.25. The Morgan fingerprint density at radius 2 is 1.93 bits per heavy atom. The van der Waals surface area contributed by atoms with Crippen LogP contribution in [0.15, 0.2) is 36.4 Å². The zero-order valence-electron chi connectivity index (χ0n) is 16.8. The number of nitrogens with zero attached hydrogens (tertiary/aromatic N) is 1. The number of hydrogen-bond acceptors (Lipinski definition) is 2. The number of ketones is 1. The average molecular weight is 372 g/mol. The van der Waals surface area contributed by atoms with Gasteiger partial charge in [0.05, 0.1) is 6.54 Å². The molecule has 0 N–H and O–H groups in total. The molecule has 2 heteroatoms. The van der Waals surface area contributed by atoms with Gasteiger partial charge < -0.3 is 0 Å². The van der Waals surface area contributed by atoms with Crippen molar-refractivity contribution >= 4 is 17.9 Å². The molecule has 0 bridgehead atoms. The molecule has 0 amide bonds. The van der Waals surface area contributed by atoms with E-state index in [0.29, 0.717) is 12.3 Å². The zero-order valence-corrected chi connectivity index (χ0v) is 16.8. The van der Waals surface area contributed by atoms with Crippen LogP contribution in [0.3, 0.4) is 0 Å². The summed E-state index contributed by atoms with van der Waals surface area (Å²) < 4.78 is 0. The Morgan fingerprint density at radius 3 is 2.82 bits per heavy atom. The lowest BCUT2D eigenvalue weighted by Gasteiger charge is -2.31. The molecule has 2 unspecified atom stereocenters. The maximum absolute atomic E-state index is 13.1. The van der Waals surface area contributed by atoms with E-state index in [4.69, 9.17) is 0 Å². The van der Waals surface area contributed by atoms with Gasteiger partial charge in [0.15, 0.2) is 5.78 Å². The van der Waals surface area contributed by atoms with Crippen LogP contribution < -0.4 is 10.4 Å². The maximum Gasteiger partial charge on any atom is 0.153 e. The van der Waals surface area contributed by atoms with Crippen LogP contribution in [0.4, 0.5) is 0 Å². The van der Waals surface area contributed by atoms with E-state index in [1.807, 2.05) is 0 Å². The summed E-state index contributed by atoms with van der Waals surface area (Å²) in [6.07, 6.45) is 10.2. The Morgan fingerprint density at radius 1 is 1.04 bits per heavy atom. The molecule has 0 saturated carbocycles. The predicted octanol–water partition coefficient (Wildman–Crippen LogP) is 3.33. The van der Waals surface area contributed by atoms with Gasteiger partial charge in [-0.2, -0.15) is 0 Å². The fraction of sp³-hybridized carbons (Fsp3) is 0.423. The number of likely N-dealkylation sites (tertiary alicyclic amines) is 1. The Hall–Kier alpha value is -2.19. The van der Waals surface area contributed by atoms with Crippen LogP contribution in [0.2, 0.25) is 0 Å². The van der Waals surface area contributed by atoms with Crippen molar-refractivity contribution in [3.63, 3.8) is 0 Å². The first kappa shape index (κ1) is 17.9. The molecule has 144 valence electrons. The first-order valence-electron chi connectivity index (χ1n) is 10.9. The lowest BCUT2D eigenvalue weighted by atomic mass is 9.83. The fourth-order valence-electron chi connectivity index (χ4n) is 5.34. The zero-order chi connectivity index (χ0) is 19.1. The summed E-state index contributed by atoms with van der Waals surface area (Å²) in [5.74, 6) is 1.20. The van der Waals surface area contributed by atoms with Gasteiger partial charge >= 0.3 is 0 Å². The van der Waals surface area contributed by atoms with E-state index >= 15 is 0 Å². The fourth-order valence-corrected chi connectivity index (χ4v) is 5.34. The number of rotatable bonds is 3. The lowest BCUT2D eigenvalue weighted by Crippen LogP contribution is -2.41. The standard InChI is InChI=1S/C26H29NO/c1-18-5-4-14-27(16-18)17-26(28)21-9-8-20-11-12-23-22-7-3-2-6-19(22)10-13-24(23)25(20)15-21/h2-3,6-7,11-13,15,18,21H,4-5,8-10,14,16-17H2,1H3. The van der Waals surface area contributed by atoms with Crippen molar-refractivity contribution in [3.8, 4) is 11.1 Å². The Balaban J connectivity index is 1.47. The summed E-state index contributed by atoms with van der Waals surface area (Å²) in [6.45, 7) is 5.09. The van der Waals surface area contributed by atoms with E-state index in [2.05, 4.69) is 60.4 Å². The molecule has 2 aliphatic carbocycles. The number of fused-ring (bicyclic) bond motifs is 5. The van der Waals surface area contributed by atoms with Crippen molar-refractivity contribution in [1.29, 1.82) is 0 Å². The number of hydrogen-bond donors (Lipinski definition) is 0. The summed E-state index contributed by atoms with van der Waals surface area (Å²) >= 11 is 0. The minimum absolute atomic E-state index is 0.0711. The third-order valence-corrected chi connectivity index (χ3v) is 6.84. The molecule has 2 aromatic rings. The van der Waals surface area contributed by atoms with Crippen molar-refractivity contribution < 1.29 is 4.79 Å². The molecule has 2 atom stereocenters. The van der Waals surface area contributed by atoms with Crippen LogP contribution in [-0.2, 0) is 17.6 Å². The van der Waals surface area contributed by atoms with Gasteiger partial charge in [-0.25, -0.2) is 0 Å². The molecular weight excluding hydrogens is 342 g/mol. The highest BCUT2D eigenvalue weighted by atomic mass is 16.1. The van der Waals surface area contributed by atoms with Gasteiger partial charge in [0.2, 0.25) is 0 Å². The van der Waals surface area contributed by atoms with Gasteiger partial charge in [0, 0.05) is 12.5 Å². The Kier molecular flexibility index (Phi) is 4.68. The second-order valence-electron chi connectivity index (χ2n) is 8.93. The summed E-state index contributed by atoms with van der Waals surface area (Å²) in [7, 11) is 0. The van der Waals surface area contributed by atoms with Crippen molar-refractivity contribution in [3.05, 3.63) is 58.0 Å². The third kappa shape index (κ3) is 3.24. The van der Waals surface area contributed by atoms with Crippen LogP contribution in [0.1, 0.15) is 37.3 Å². The molecule has 5 rings (SSSR count). The number of carbonyl (C=O) groups is 1. The van der Waals surface area contributed by atoms with E-state index in [1.54, 1.807) is 0 Å². The second-order valence-corrected chi connectivity index (χ2v) is 8.93. The normalized spacial score (nSPS) is 23.6. The number of benzene rings is 2. The molecule has 1 fully saturated rings. The van der Waals surface area contributed by atoms with E-state index in [-0.39, 0.29) is 5.92 Å². The largest absolute Gasteiger partial charge is 0.298 e. The van der Waals surface area contributed by atoms with Gasteiger partial charge in [-0.3, -0.25) is 9.69 Å². The van der Waals surface area contributed by atoms with Crippen LogP contribution in [0.5, 0.6) is 0 Å². The van der Waals surface area contributed by atoms with Gasteiger partial charge in [-0.15, -0.1) is 0 Å². The van der Waals surface area contributed by atoms with Crippen molar-refractivity contribution in [1.82, 2.24) is 4.90 Å². The van der Waals surface area contributed by atoms with Crippen molar-refractivity contribution in [2.24, 2.45) is 11.8 Å². The molecule has 2 nitrogen and oxygen atoms in total. The Bertz CT molecular complexity index is 1030. The average Bonchev–Trinajstić information content (AvgIpc) is 2.73. The summed E-state index contributed by atoms with van der Waals surface area (Å²) in [5.41, 5.74) is 5.49. The molecule has 28 heavy (non-hydrogen) atoms. The van der Waals surface area contributed by atoms with Gasteiger partial charge in [0.1, 0.15) is 0 Å². The summed E-state index contributed by atoms with van der Waals surface area (Å²) in [4.78, 5) is 15.4.